The second kappa shape index (κ2) is 11.4. The standard InChI is InChI=1S/C14H26F3N3O/c1-4-6-7-10-20(3)13(18-5-2)19-9-8-11-21-12-14(15,16)17/h4H,1,5-12H2,2-3H3,(H,18,19). The summed E-state index contributed by atoms with van der Waals surface area (Å²) < 4.78 is 40.2. The molecule has 0 aromatic heterocycles. The van der Waals surface area contributed by atoms with Gasteiger partial charge in [0.25, 0.3) is 0 Å². The van der Waals surface area contributed by atoms with Gasteiger partial charge in [0.15, 0.2) is 5.96 Å². The molecule has 0 rings (SSSR count). The van der Waals surface area contributed by atoms with Gasteiger partial charge in [-0.25, -0.2) is 0 Å². The Labute approximate surface area is 125 Å². The Morgan fingerprint density at radius 3 is 2.67 bits per heavy atom. The van der Waals surface area contributed by atoms with E-state index in [0.717, 1.165) is 31.9 Å². The molecule has 0 atom stereocenters. The molecule has 1 N–H and O–H groups in total. The van der Waals surface area contributed by atoms with E-state index >= 15 is 0 Å². The molecular weight excluding hydrogens is 283 g/mol. The van der Waals surface area contributed by atoms with Crippen LogP contribution < -0.4 is 5.32 Å². The lowest BCUT2D eigenvalue weighted by Crippen LogP contribution is -2.39. The largest absolute Gasteiger partial charge is 0.411 e. The smallest absolute Gasteiger partial charge is 0.372 e. The fourth-order valence-electron chi connectivity index (χ4n) is 1.59. The molecule has 0 bridgehead atoms. The van der Waals surface area contributed by atoms with E-state index in [0.29, 0.717) is 13.0 Å². The minimum Gasteiger partial charge on any atom is -0.372 e. The first-order valence-electron chi connectivity index (χ1n) is 7.15. The van der Waals surface area contributed by atoms with E-state index in [1.165, 1.54) is 0 Å². The number of halogens is 3. The van der Waals surface area contributed by atoms with Gasteiger partial charge in [-0.05, 0) is 26.2 Å². The Balaban J connectivity index is 4.00. The Morgan fingerprint density at radius 2 is 2.10 bits per heavy atom. The molecular formula is C14H26F3N3O. The number of alkyl halides is 3. The lowest BCUT2D eigenvalue weighted by atomic mass is 10.3. The number of nitrogens with one attached hydrogen (secondary N) is 1. The molecule has 0 fully saturated rings. The van der Waals surface area contributed by atoms with Crippen LogP contribution in [0, 0.1) is 0 Å². The number of rotatable bonds is 10. The number of nitrogens with zero attached hydrogens (tertiary/aromatic N) is 2. The summed E-state index contributed by atoms with van der Waals surface area (Å²) in [5.41, 5.74) is 0. The first kappa shape index (κ1) is 19.8. The number of hydrogen-bond acceptors (Lipinski definition) is 2. The second-order valence-electron chi connectivity index (χ2n) is 4.61. The zero-order valence-corrected chi connectivity index (χ0v) is 12.9. The van der Waals surface area contributed by atoms with E-state index in [-0.39, 0.29) is 6.61 Å². The molecule has 7 heteroatoms. The van der Waals surface area contributed by atoms with E-state index in [9.17, 15) is 13.2 Å². The van der Waals surface area contributed by atoms with Crippen LogP contribution in [0.25, 0.3) is 0 Å². The van der Waals surface area contributed by atoms with Gasteiger partial charge >= 0.3 is 6.18 Å². The van der Waals surface area contributed by atoms with Crippen molar-refractivity contribution in [2.24, 2.45) is 4.99 Å². The topological polar surface area (TPSA) is 36.9 Å². The number of hydrogen-bond donors (Lipinski definition) is 1. The highest BCUT2D eigenvalue weighted by molar-refractivity contribution is 5.79. The monoisotopic (exact) mass is 309 g/mol. The van der Waals surface area contributed by atoms with Crippen molar-refractivity contribution >= 4 is 5.96 Å². The van der Waals surface area contributed by atoms with Gasteiger partial charge < -0.3 is 15.0 Å². The van der Waals surface area contributed by atoms with Crippen LogP contribution in [-0.2, 0) is 4.74 Å². The maximum atomic E-state index is 11.9. The first-order valence-corrected chi connectivity index (χ1v) is 7.15. The number of ether oxygens (including phenoxy) is 1. The van der Waals surface area contributed by atoms with Gasteiger partial charge in [0.05, 0.1) is 0 Å². The molecule has 0 aliphatic rings. The first-order chi connectivity index (χ1) is 9.90. The van der Waals surface area contributed by atoms with Gasteiger partial charge in [0.1, 0.15) is 6.61 Å². The summed E-state index contributed by atoms with van der Waals surface area (Å²) in [6.45, 7) is 6.54. The van der Waals surface area contributed by atoms with Crippen molar-refractivity contribution in [3.8, 4) is 0 Å². The molecule has 124 valence electrons. The van der Waals surface area contributed by atoms with Crippen molar-refractivity contribution in [1.82, 2.24) is 10.2 Å². The third-order valence-electron chi connectivity index (χ3n) is 2.57. The summed E-state index contributed by atoms with van der Waals surface area (Å²) in [6.07, 6.45) is -0.000926. The molecule has 0 aliphatic heterocycles. The third-order valence-corrected chi connectivity index (χ3v) is 2.57. The average molecular weight is 309 g/mol. The summed E-state index contributed by atoms with van der Waals surface area (Å²) in [5.74, 6) is 0.761. The van der Waals surface area contributed by atoms with E-state index in [2.05, 4.69) is 21.6 Å². The second-order valence-corrected chi connectivity index (χ2v) is 4.61. The molecule has 4 nitrogen and oxygen atoms in total. The predicted molar refractivity (Wildman–Crippen MR) is 79.5 cm³/mol. The zero-order chi connectivity index (χ0) is 16.1. The lowest BCUT2D eigenvalue weighted by molar-refractivity contribution is -0.173. The molecule has 0 aromatic carbocycles. The zero-order valence-electron chi connectivity index (χ0n) is 12.9. The van der Waals surface area contributed by atoms with Crippen molar-refractivity contribution in [3.63, 3.8) is 0 Å². The van der Waals surface area contributed by atoms with Gasteiger partial charge in [0.2, 0.25) is 0 Å². The molecule has 0 saturated carbocycles. The molecule has 21 heavy (non-hydrogen) atoms. The van der Waals surface area contributed by atoms with Crippen LogP contribution >= 0.6 is 0 Å². The normalized spacial score (nSPS) is 12.3. The maximum absolute atomic E-state index is 11.9. The highest BCUT2D eigenvalue weighted by Gasteiger charge is 2.27. The maximum Gasteiger partial charge on any atom is 0.411 e. The van der Waals surface area contributed by atoms with Gasteiger partial charge in [-0.2, -0.15) is 13.2 Å². The molecule has 0 aromatic rings. The summed E-state index contributed by atoms with van der Waals surface area (Å²) >= 11 is 0. The lowest BCUT2D eigenvalue weighted by Gasteiger charge is -2.21. The minimum absolute atomic E-state index is 0.0581. The van der Waals surface area contributed by atoms with Crippen LogP contribution in [0.5, 0.6) is 0 Å². The van der Waals surface area contributed by atoms with Gasteiger partial charge in [-0.1, -0.05) is 6.08 Å². The highest BCUT2D eigenvalue weighted by Crippen LogP contribution is 2.14. The minimum atomic E-state index is -4.26. The van der Waals surface area contributed by atoms with E-state index < -0.39 is 12.8 Å². The number of aliphatic imine (C=N–C) groups is 1. The Morgan fingerprint density at radius 1 is 1.38 bits per heavy atom. The number of unbranched alkanes of at least 4 members (excludes halogenated alkanes) is 1. The van der Waals surface area contributed by atoms with Crippen molar-refractivity contribution in [2.45, 2.75) is 32.4 Å². The molecule has 0 aliphatic carbocycles. The molecule has 0 spiro atoms. The number of guanidine groups is 1. The fraction of sp³-hybridized carbons (Fsp3) is 0.786. The fourth-order valence-corrected chi connectivity index (χ4v) is 1.59. The molecule has 0 amide bonds. The summed E-state index contributed by atoms with van der Waals surface area (Å²) in [6, 6.07) is 0. The quantitative estimate of drug-likeness (QED) is 0.292. The van der Waals surface area contributed by atoms with Crippen LogP contribution in [0.15, 0.2) is 17.6 Å². The third kappa shape index (κ3) is 12.2. The van der Waals surface area contributed by atoms with E-state index in [1.54, 1.807) is 0 Å². The Kier molecular flexibility index (Phi) is 10.7. The van der Waals surface area contributed by atoms with E-state index in [1.807, 2.05) is 24.9 Å². The van der Waals surface area contributed by atoms with Crippen LogP contribution in [-0.4, -0.2) is 56.9 Å². The summed E-state index contributed by atoms with van der Waals surface area (Å²) in [5, 5.41) is 3.15. The summed E-state index contributed by atoms with van der Waals surface area (Å²) in [7, 11) is 1.94. The Hall–Kier alpha value is -1.24. The van der Waals surface area contributed by atoms with Crippen molar-refractivity contribution < 1.29 is 17.9 Å². The van der Waals surface area contributed by atoms with Crippen molar-refractivity contribution in [3.05, 3.63) is 12.7 Å². The average Bonchev–Trinajstić information content (AvgIpc) is 2.40. The number of allylic oxidation sites excluding steroid dienone is 1. The van der Waals surface area contributed by atoms with Crippen molar-refractivity contribution in [1.29, 1.82) is 0 Å². The summed E-state index contributed by atoms with van der Waals surface area (Å²) in [4.78, 5) is 6.37. The van der Waals surface area contributed by atoms with Gasteiger partial charge in [-0.15, -0.1) is 6.58 Å². The van der Waals surface area contributed by atoms with Gasteiger partial charge in [0, 0.05) is 33.3 Å². The van der Waals surface area contributed by atoms with Crippen molar-refractivity contribution in [2.75, 3.05) is 39.9 Å². The predicted octanol–water partition coefficient (Wildman–Crippen LogP) is 2.82. The van der Waals surface area contributed by atoms with Crippen LogP contribution in [0.2, 0.25) is 0 Å². The highest BCUT2D eigenvalue weighted by atomic mass is 19.4. The molecule has 0 heterocycles. The molecule has 0 unspecified atom stereocenters. The molecule has 0 saturated heterocycles. The van der Waals surface area contributed by atoms with Gasteiger partial charge in [-0.3, -0.25) is 4.99 Å². The van der Waals surface area contributed by atoms with Crippen LogP contribution in [0.3, 0.4) is 0 Å². The Bertz CT molecular complexity index is 306. The van der Waals surface area contributed by atoms with E-state index in [4.69, 9.17) is 0 Å². The van der Waals surface area contributed by atoms with Crippen LogP contribution in [0.4, 0.5) is 13.2 Å². The van der Waals surface area contributed by atoms with Crippen LogP contribution in [0.1, 0.15) is 26.2 Å². The molecule has 0 radical (unpaired) electrons. The SMILES string of the molecule is C=CCCCN(C)C(=NCCCOCC(F)(F)F)NCC.